The third-order valence-corrected chi connectivity index (χ3v) is 3.29. The van der Waals surface area contributed by atoms with Crippen molar-refractivity contribution >= 4 is 11.8 Å². The van der Waals surface area contributed by atoms with Crippen LogP contribution >= 0.6 is 11.8 Å². The molecule has 3 nitrogen and oxygen atoms in total. The first-order valence-corrected chi connectivity index (χ1v) is 7.46. The SMILES string of the molecule is CSCCCN(C)CCOc1cccc(C#N)c1. The fourth-order valence-electron chi connectivity index (χ4n) is 1.57. The van der Waals surface area contributed by atoms with Gasteiger partial charge < -0.3 is 9.64 Å². The molecule has 0 bridgehead atoms. The molecule has 0 saturated carbocycles. The van der Waals surface area contributed by atoms with Gasteiger partial charge in [0.2, 0.25) is 0 Å². The summed E-state index contributed by atoms with van der Waals surface area (Å²) >= 11 is 1.88. The lowest BCUT2D eigenvalue weighted by Gasteiger charge is -2.16. The van der Waals surface area contributed by atoms with Crippen molar-refractivity contribution in [1.29, 1.82) is 5.26 Å². The zero-order chi connectivity index (χ0) is 13.2. The van der Waals surface area contributed by atoms with E-state index < -0.39 is 0 Å². The number of hydrogen-bond acceptors (Lipinski definition) is 4. The van der Waals surface area contributed by atoms with Gasteiger partial charge in [-0.25, -0.2) is 0 Å². The van der Waals surface area contributed by atoms with Crippen LogP contribution in [-0.4, -0.2) is 43.7 Å². The monoisotopic (exact) mass is 264 g/mol. The van der Waals surface area contributed by atoms with Gasteiger partial charge in [0, 0.05) is 6.54 Å². The standard InChI is InChI=1S/C14H20N2OS/c1-16(7-4-10-18-2)8-9-17-14-6-3-5-13(11-14)12-15/h3,5-6,11H,4,7-10H2,1-2H3. The van der Waals surface area contributed by atoms with Crippen LogP contribution < -0.4 is 4.74 Å². The Kier molecular flexibility index (Phi) is 7.31. The Morgan fingerprint density at radius 2 is 2.22 bits per heavy atom. The van der Waals surface area contributed by atoms with Gasteiger partial charge in [-0.05, 0) is 50.2 Å². The summed E-state index contributed by atoms with van der Waals surface area (Å²) in [6, 6.07) is 9.39. The minimum absolute atomic E-state index is 0.640. The van der Waals surface area contributed by atoms with Crippen LogP contribution in [0.4, 0.5) is 0 Å². The first-order chi connectivity index (χ1) is 8.76. The van der Waals surface area contributed by atoms with Gasteiger partial charge in [0.15, 0.2) is 0 Å². The van der Waals surface area contributed by atoms with Gasteiger partial charge in [0.05, 0.1) is 11.6 Å². The van der Waals surface area contributed by atoms with E-state index in [4.69, 9.17) is 10.00 Å². The normalized spacial score (nSPS) is 10.3. The molecule has 0 spiro atoms. The molecule has 0 unspecified atom stereocenters. The van der Waals surface area contributed by atoms with Crippen LogP contribution in [0.5, 0.6) is 5.75 Å². The molecule has 0 aliphatic carbocycles. The fraction of sp³-hybridized carbons (Fsp3) is 0.500. The predicted molar refractivity (Wildman–Crippen MR) is 77.1 cm³/mol. The van der Waals surface area contributed by atoms with Gasteiger partial charge >= 0.3 is 0 Å². The van der Waals surface area contributed by atoms with E-state index in [1.54, 1.807) is 12.1 Å². The molecule has 18 heavy (non-hydrogen) atoms. The number of hydrogen-bond donors (Lipinski definition) is 0. The molecule has 0 aliphatic heterocycles. The summed E-state index contributed by atoms with van der Waals surface area (Å²) in [5.41, 5.74) is 0.640. The van der Waals surface area contributed by atoms with Crippen molar-refractivity contribution in [1.82, 2.24) is 4.90 Å². The lowest BCUT2D eigenvalue weighted by atomic mass is 10.2. The van der Waals surface area contributed by atoms with Gasteiger partial charge in [0.1, 0.15) is 12.4 Å². The number of ether oxygens (including phenoxy) is 1. The number of rotatable bonds is 8. The number of nitrogens with zero attached hydrogens (tertiary/aromatic N) is 2. The molecule has 1 aromatic carbocycles. The largest absolute Gasteiger partial charge is 0.492 e. The molecule has 0 amide bonds. The molecule has 1 rings (SSSR count). The summed E-state index contributed by atoms with van der Waals surface area (Å²) < 4.78 is 5.63. The molecule has 0 saturated heterocycles. The Morgan fingerprint density at radius 3 is 2.94 bits per heavy atom. The Bertz CT molecular complexity index is 390. The third kappa shape index (κ3) is 5.95. The smallest absolute Gasteiger partial charge is 0.120 e. The van der Waals surface area contributed by atoms with E-state index in [9.17, 15) is 0 Å². The zero-order valence-electron chi connectivity index (χ0n) is 11.1. The van der Waals surface area contributed by atoms with Gasteiger partial charge in [-0.3, -0.25) is 0 Å². The highest BCUT2D eigenvalue weighted by atomic mass is 32.2. The zero-order valence-corrected chi connectivity index (χ0v) is 11.9. The summed E-state index contributed by atoms with van der Waals surface area (Å²) in [7, 11) is 2.11. The van der Waals surface area contributed by atoms with Crippen molar-refractivity contribution in [3.05, 3.63) is 29.8 Å². The molecule has 0 radical (unpaired) electrons. The minimum atomic E-state index is 0.640. The Hall–Kier alpha value is -1.18. The molecule has 0 aliphatic rings. The van der Waals surface area contributed by atoms with E-state index in [0.717, 1.165) is 18.8 Å². The second kappa shape index (κ2) is 8.84. The predicted octanol–water partition coefficient (Wildman–Crippen LogP) is 2.62. The number of thioether (sulfide) groups is 1. The molecular weight excluding hydrogens is 244 g/mol. The lowest BCUT2D eigenvalue weighted by molar-refractivity contribution is 0.238. The van der Waals surface area contributed by atoms with Crippen LogP contribution in [0.15, 0.2) is 24.3 Å². The van der Waals surface area contributed by atoms with Crippen LogP contribution in [-0.2, 0) is 0 Å². The summed E-state index contributed by atoms with van der Waals surface area (Å²) in [6.45, 7) is 2.66. The molecule has 0 atom stereocenters. The molecule has 0 N–H and O–H groups in total. The maximum Gasteiger partial charge on any atom is 0.120 e. The van der Waals surface area contributed by atoms with Gasteiger partial charge in [0.25, 0.3) is 0 Å². The highest BCUT2D eigenvalue weighted by Gasteiger charge is 2.00. The number of benzene rings is 1. The minimum Gasteiger partial charge on any atom is -0.492 e. The van der Waals surface area contributed by atoms with Crippen LogP contribution in [0.2, 0.25) is 0 Å². The van der Waals surface area contributed by atoms with E-state index in [2.05, 4.69) is 24.3 Å². The van der Waals surface area contributed by atoms with E-state index in [1.807, 2.05) is 23.9 Å². The van der Waals surface area contributed by atoms with Crippen molar-refractivity contribution in [3.63, 3.8) is 0 Å². The fourth-order valence-corrected chi connectivity index (χ4v) is 1.98. The molecule has 0 fully saturated rings. The molecule has 0 aromatic heterocycles. The second-order valence-electron chi connectivity index (χ2n) is 4.14. The van der Waals surface area contributed by atoms with Crippen molar-refractivity contribution in [2.75, 3.05) is 38.8 Å². The highest BCUT2D eigenvalue weighted by Crippen LogP contribution is 2.12. The first kappa shape index (κ1) is 14.9. The molecule has 4 heteroatoms. The van der Waals surface area contributed by atoms with Gasteiger partial charge in [-0.2, -0.15) is 17.0 Å². The summed E-state index contributed by atoms with van der Waals surface area (Å²) in [5, 5.41) is 8.78. The Morgan fingerprint density at radius 1 is 1.39 bits per heavy atom. The van der Waals surface area contributed by atoms with Crippen LogP contribution in [0.1, 0.15) is 12.0 Å². The Balaban J connectivity index is 2.22. The summed E-state index contributed by atoms with van der Waals surface area (Å²) in [6.07, 6.45) is 3.34. The molecular formula is C14H20N2OS. The third-order valence-electron chi connectivity index (χ3n) is 2.59. The van der Waals surface area contributed by atoms with Crippen molar-refractivity contribution in [2.24, 2.45) is 0 Å². The number of nitriles is 1. The molecule has 98 valence electrons. The maximum absolute atomic E-state index is 8.78. The average molecular weight is 264 g/mol. The second-order valence-corrected chi connectivity index (χ2v) is 5.12. The maximum atomic E-state index is 8.78. The highest BCUT2D eigenvalue weighted by molar-refractivity contribution is 7.98. The lowest BCUT2D eigenvalue weighted by Crippen LogP contribution is -2.25. The summed E-state index contributed by atoms with van der Waals surface area (Å²) in [5.74, 6) is 1.97. The van der Waals surface area contributed by atoms with E-state index in [1.165, 1.54) is 12.2 Å². The first-order valence-electron chi connectivity index (χ1n) is 6.06. The average Bonchev–Trinajstić information content (AvgIpc) is 2.39. The van der Waals surface area contributed by atoms with E-state index in [-0.39, 0.29) is 0 Å². The molecule has 0 heterocycles. The number of likely N-dealkylation sites (N-methyl/N-ethyl adjacent to an activating group) is 1. The summed E-state index contributed by atoms with van der Waals surface area (Å²) in [4.78, 5) is 2.27. The van der Waals surface area contributed by atoms with E-state index >= 15 is 0 Å². The van der Waals surface area contributed by atoms with Gasteiger partial charge in [-0.15, -0.1) is 0 Å². The van der Waals surface area contributed by atoms with Gasteiger partial charge in [-0.1, -0.05) is 6.07 Å². The topological polar surface area (TPSA) is 36.3 Å². The van der Waals surface area contributed by atoms with Crippen molar-refractivity contribution in [3.8, 4) is 11.8 Å². The van der Waals surface area contributed by atoms with Crippen LogP contribution in [0.25, 0.3) is 0 Å². The van der Waals surface area contributed by atoms with Crippen molar-refractivity contribution in [2.45, 2.75) is 6.42 Å². The quantitative estimate of drug-likeness (QED) is 0.676. The molecule has 1 aromatic rings. The van der Waals surface area contributed by atoms with Crippen LogP contribution in [0, 0.1) is 11.3 Å². The Labute approximate surface area is 114 Å². The van der Waals surface area contributed by atoms with Crippen LogP contribution in [0.3, 0.4) is 0 Å². The van der Waals surface area contributed by atoms with E-state index in [0.29, 0.717) is 12.2 Å². The van der Waals surface area contributed by atoms with Crippen molar-refractivity contribution < 1.29 is 4.74 Å².